The molecule has 2 aliphatic carbocycles. The Bertz CT molecular complexity index is 585. The molecule has 19 heavy (non-hydrogen) atoms. The zero-order chi connectivity index (χ0) is 13.6. The second-order valence-electron chi connectivity index (χ2n) is 5.53. The van der Waals surface area contributed by atoms with Crippen LogP contribution in [-0.4, -0.2) is 11.0 Å². The van der Waals surface area contributed by atoms with Crippen LogP contribution in [0.1, 0.15) is 31.2 Å². The third-order valence-electron chi connectivity index (χ3n) is 4.42. The normalized spacial score (nSPS) is 29.2. The first kappa shape index (κ1) is 12.3. The van der Waals surface area contributed by atoms with E-state index >= 15 is 0 Å². The largest absolute Gasteiger partial charge is 0.327 e. The highest BCUT2D eigenvalue weighted by Gasteiger charge is 2.51. The molecule has 2 unspecified atom stereocenters. The number of hydrogen-bond donors (Lipinski definition) is 1. The highest BCUT2D eigenvalue weighted by molar-refractivity contribution is 5.68. The first-order valence-corrected chi connectivity index (χ1v) is 6.41. The molecule has 0 aliphatic heterocycles. The number of benzene rings is 1. The van der Waals surface area contributed by atoms with E-state index < -0.39 is 16.4 Å². The Kier molecular flexibility index (Phi) is 2.67. The van der Waals surface area contributed by atoms with Gasteiger partial charge in [0.1, 0.15) is 0 Å². The monoisotopic (exact) mass is 262 g/mol. The maximum absolute atomic E-state index is 13.6. The van der Waals surface area contributed by atoms with E-state index in [1.54, 1.807) is 6.07 Å². The van der Waals surface area contributed by atoms with E-state index in [2.05, 4.69) is 6.08 Å². The molecular weight excluding hydrogens is 247 g/mol. The SMILES string of the molecule is NC1CC12CC=C(c1ccc([N+](=O)[O-])c(F)c1)CC2. The molecule has 3 rings (SSSR count). The summed E-state index contributed by atoms with van der Waals surface area (Å²) in [5, 5.41) is 10.6. The number of halogens is 1. The van der Waals surface area contributed by atoms with Gasteiger partial charge in [-0.05, 0) is 54.4 Å². The van der Waals surface area contributed by atoms with Gasteiger partial charge < -0.3 is 5.73 Å². The molecule has 4 nitrogen and oxygen atoms in total. The van der Waals surface area contributed by atoms with Crippen molar-refractivity contribution in [2.75, 3.05) is 0 Å². The minimum Gasteiger partial charge on any atom is -0.327 e. The molecule has 5 heteroatoms. The van der Waals surface area contributed by atoms with Crippen molar-refractivity contribution in [2.24, 2.45) is 11.1 Å². The Morgan fingerprint density at radius 1 is 1.47 bits per heavy atom. The average Bonchev–Trinajstić information content (AvgIpc) is 2.99. The molecule has 0 aromatic heterocycles. The topological polar surface area (TPSA) is 69.2 Å². The summed E-state index contributed by atoms with van der Waals surface area (Å²) in [4.78, 5) is 9.87. The standard InChI is InChI=1S/C14H15FN2O2/c15-11-7-10(1-2-12(11)17(18)19)9-3-5-14(6-4-9)8-13(14)16/h1-3,7,13H,4-6,8,16H2. The first-order chi connectivity index (χ1) is 9.02. The molecule has 1 spiro atoms. The van der Waals surface area contributed by atoms with E-state index in [1.165, 1.54) is 12.1 Å². The van der Waals surface area contributed by atoms with Crippen molar-refractivity contribution in [1.82, 2.24) is 0 Å². The Hall–Kier alpha value is -1.75. The van der Waals surface area contributed by atoms with E-state index in [4.69, 9.17) is 5.73 Å². The Balaban J connectivity index is 1.84. The zero-order valence-corrected chi connectivity index (χ0v) is 10.4. The van der Waals surface area contributed by atoms with Gasteiger partial charge in [-0.2, -0.15) is 4.39 Å². The smallest absolute Gasteiger partial charge is 0.304 e. The van der Waals surface area contributed by atoms with Crippen LogP contribution in [-0.2, 0) is 0 Å². The predicted molar refractivity (Wildman–Crippen MR) is 69.9 cm³/mol. The molecular formula is C14H15FN2O2. The molecule has 1 aromatic rings. The van der Waals surface area contributed by atoms with Crippen LogP contribution >= 0.6 is 0 Å². The number of nitro groups is 1. The van der Waals surface area contributed by atoms with Crippen LogP contribution in [0.2, 0.25) is 0 Å². The Labute approximate surface area is 110 Å². The van der Waals surface area contributed by atoms with Crippen molar-refractivity contribution < 1.29 is 9.31 Å². The molecule has 2 N–H and O–H groups in total. The molecule has 1 fully saturated rings. The summed E-state index contributed by atoms with van der Waals surface area (Å²) >= 11 is 0. The summed E-state index contributed by atoms with van der Waals surface area (Å²) in [5.74, 6) is -0.771. The fourth-order valence-electron chi connectivity index (χ4n) is 2.93. The minimum atomic E-state index is -0.771. The van der Waals surface area contributed by atoms with Crippen molar-refractivity contribution in [3.05, 3.63) is 45.8 Å². The summed E-state index contributed by atoms with van der Waals surface area (Å²) < 4.78 is 13.6. The lowest BCUT2D eigenvalue weighted by Gasteiger charge is -2.22. The number of nitro benzene ring substituents is 1. The number of nitrogens with two attached hydrogens (primary N) is 1. The van der Waals surface area contributed by atoms with Crippen LogP contribution in [0.25, 0.3) is 5.57 Å². The lowest BCUT2D eigenvalue weighted by Crippen LogP contribution is -2.16. The van der Waals surface area contributed by atoms with Gasteiger partial charge in [0.05, 0.1) is 4.92 Å². The number of hydrogen-bond acceptors (Lipinski definition) is 3. The van der Waals surface area contributed by atoms with Crippen molar-refractivity contribution in [2.45, 2.75) is 31.7 Å². The summed E-state index contributed by atoms with van der Waals surface area (Å²) in [6.07, 6.45) is 6.01. The van der Waals surface area contributed by atoms with Gasteiger partial charge in [-0.1, -0.05) is 6.08 Å². The van der Waals surface area contributed by atoms with Crippen LogP contribution in [0.3, 0.4) is 0 Å². The summed E-state index contributed by atoms with van der Waals surface area (Å²) in [6.45, 7) is 0. The molecule has 0 radical (unpaired) electrons. The van der Waals surface area contributed by atoms with Crippen LogP contribution in [0.15, 0.2) is 24.3 Å². The van der Waals surface area contributed by atoms with Crippen molar-refractivity contribution in [3.8, 4) is 0 Å². The fourth-order valence-corrected chi connectivity index (χ4v) is 2.93. The maximum Gasteiger partial charge on any atom is 0.304 e. The highest BCUT2D eigenvalue weighted by atomic mass is 19.1. The number of nitrogens with zero attached hydrogens (tertiary/aromatic N) is 1. The van der Waals surface area contributed by atoms with E-state index in [0.717, 1.165) is 36.8 Å². The van der Waals surface area contributed by atoms with Crippen molar-refractivity contribution in [1.29, 1.82) is 0 Å². The molecule has 1 saturated carbocycles. The molecule has 0 bridgehead atoms. The van der Waals surface area contributed by atoms with E-state index in [9.17, 15) is 14.5 Å². The third-order valence-corrected chi connectivity index (χ3v) is 4.42. The molecule has 2 atom stereocenters. The second kappa shape index (κ2) is 4.13. The maximum atomic E-state index is 13.6. The first-order valence-electron chi connectivity index (χ1n) is 6.41. The van der Waals surface area contributed by atoms with Crippen molar-refractivity contribution in [3.63, 3.8) is 0 Å². The fraction of sp³-hybridized carbons (Fsp3) is 0.429. The molecule has 1 aromatic carbocycles. The van der Waals surface area contributed by atoms with Crippen molar-refractivity contribution >= 4 is 11.3 Å². The molecule has 0 amide bonds. The Morgan fingerprint density at radius 2 is 2.21 bits per heavy atom. The highest BCUT2D eigenvalue weighted by Crippen LogP contribution is 2.55. The lowest BCUT2D eigenvalue weighted by molar-refractivity contribution is -0.387. The summed E-state index contributed by atoms with van der Waals surface area (Å²) in [7, 11) is 0. The van der Waals surface area contributed by atoms with Gasteiger partial charge in [-0.25, -0.2) is 0 Å². The molecule has 2 aliphatic rings. The van der Waals surface area contributed by atoms with E-state index in [1.807, 2.05) is 0 Å². The zero-order valence-electron chi connectivity index (χ0n) is 10.4. The number of rotatable bonds is 2. The van der Waals surface area contributed by atoms with Gasteiger partial charge in [0.25, 0.3) is 0 Å². The van der Waals surface area contributed by atoms with Crippen LogP contribution in [0.4, 0.5) is 10.1 Å². The van der Waals surface area contributed by atoms with E-state index in [0.29, 0.717) is 6.04 Å². The lowest BCUT2D eigenvalue weighted by atomic mass is 9.84. The van der Waals surface area contributed by atoms with Gasteiger partial charge in [-0.3, -0.25) is 10.1 Å². The third kappa shape index (κ3) is 2.04. The van der Waals surface area contributed by atoms with Gasteiger partial charge in [-0.15, -0.1) is 0 Å². The summed E-state index contributed by atoms with van der Waals surface area (Å²) in [6, 6.07) is 4.42. The van der Waals surface area contributed by atoms with Gasteiger partial charge in [0.15, 0.2) is 0 Å². The van der Waals surface area contributed by atoms with Gasteiger partial charge >= 0.3 is 5.69 Å². The second-order valence-corrected chi connectivity index (χ2v) is 5.53. The Morgan fingerprint density at radius 3 is 2.68 bits per heavy atom. The van der Waals surface area contributed by atoms with Gasteiger partial charge in [0.2, 0.25) is 5.82 Å². The molecule has 100 valence electrons. The minimum absolute atomic E-state index is 0.281. The molecule has 0 heterocycles. The van der Waals surface area contributed by atoms with Crippen LogP contribution in [0, 0.1) is 21.3 Å². The van der Waals surface area contributed by atoms with Crippen LogP contribution in [0.5, 0.6) is 0 Å². The average molecular weight is 262 g/mol. The van der Waals surface area contributed by atoms with E-state index in [-0.39, 0.29) is 5.41 Å². The van der Waals surface area contributed by atoms with Crippen LogP contribution < -0.4 is 5.73 Å². The molecule has 0 saturated heterocycles. The predicted octanol–water partition coefficient (Wildman–Crippen LogP) is 3.02. The number of allylic oxidation sites excluding steroid dienone is 2. The summed E-state index contributed by atoms with van der Waals surface area (Å²) in [5.41, 5.74) is 7.55. The quantitative estimate of drug-likeness (QED) is 0.658. The van der Waals surface area contributed by atoms with Gasteiger partial charge in [0, 0.05) is 12.1 Å².